The van der Waals surface area contributed by atoms with E-state index in [1.807, 2.05) is 11.6 Å². The largest absolute Gasteiger partial charge is 0.374 e. The van der Waals surface area contributed by atoms with Crippen LogP contribution >= 0.6 is 11.3 Å². The van der Waals surface area contributed by atoms with Gasteiger partial charge in [-0.2, -0.15) is 0 Å². The number of nitrogens with one attached hydrogen (secondary N) is 1. The molecule has 0 unspecified atom stereocenters. The van der Waals surface area contributed by atoms with Crippen LogP contribution in [0.5, 0.6) is 0 Å². The van der Waals surface area contributed by atoms with Crippen molar-refractivity contribution in [1.29, 1.82) is 0 Å². The van der Waals surface area contributed by atoms with E-state index in [2.05, 4.69) is 40.4 Å². The smallest absolute Gasteiger partial charge is 0.106 e. The fourth-order valence-corrected chi connectivity index (χ4v) is 3.19. The molecule has 0 saturated carbocycles. The van der Waals surface area contributed by atoms with Gasteiger partial charge in [-0.1, -0.05) is 12.1 Å². The molecule has 100 valence electrons. The average Bonchev–Trinajstić information content (AvgIpc) is 2.92. The Morgan fingerprint density at radius 1 is 1.37 bits per heavy atom. The monoisotopic (exact) mass is 273 g/mol. The van der Waals surface area contributed by atoms with Crippen LogP contribution in [0.4, 0.5) is 5.69 Å². The van der Waals surface area contributed by atoms with Crippen LogP contribution in [0, 0.1) is 0 Å². The van der Waals surface area contributed by atoms with Gasteiger partial charge in [0.05, 0.1) is 0 Å². The van der Waals surface area contributed by atoms with Gasteiger partial charge in [0.15, 0.2) is 0 Å². The first kappa shape index (κ1) is 12.6. The predicted octanol–water partition coefficient (Wildman–Crippen LogP) is 2.82. The van der Waals surface area contributed by atoms with E-state index in [0.29, 0.717) is 0 Å². The van der Waals surface area contributed by atoms with Crippen LogP contribution < -0.4 is 10.2 Å². The zero-order chi connectivity index (χ0) is 13.1. The summed E-state index contributed by atoms with van der Waals surface area (Å²) in [6.45, 7) is 2.94. The third kappa shape index (κ3) is 2.96. The molecule has 0 bridgehead atoms. The van der Waals surface area contributed by atoms with Crippen molar-refractivity contribution in [3.05, 3.63) is 45.9 Å². The van der Waals surface area contributed by atoms with Crippen molar-refractivity contribution in [3.8, 4) is 0 Å². The summed E-state index contributed by atoms with van der Waals surface area (Å²) >= 11 is 1.70. The zero-order valence-corrected chi connectivity index (χ0v) is 12.0. The third-order valence-corrected chi connectivity index (χ3v) is 4.36. The highest BCUT2D eigenvalue weighted by Gasteiger charge is 2.13. The number of nitrogens with zero attached hydrogens (tertiary/aromatic N) is 2. The fourth-order valence-electron chi connectivity index (χ4n) is 2.60. The molecule has 0 spiro atoms. The van der Waals surface area contributed by atoms with Crippen LogP contribution in [0.1, 0.15) is 22.6 Å². The number of aromatic nitrogens is 1. The minimum atomic E-state index is 0.856. The van der Waals surface area contributed by atoms with E-state index in [9.17, 15) is 0 Å². The number of hydrogen-bond acceptors (Lipinski definition) is 4. The van der Waals surface area contributed by atoms with Gasteiger partial charge in [0, 0.05) is 43.9 Å². The summed E-state index contributed by atoms with van der Waals surface area (Å²) < 4.78 is 0. The molecule has 1 aromatic carbocycles. The molecular formula is C15H19N3S. The summed E-state index contributed by atoms with van der Waals surface area (Å²) in [5.74, 6) is 0. The van der Waals surface area contributed by atoms with Crippen molar-refractivity contribution in [2.45, 2.75) is 25.9 Å². The summed E-state index contributed by atoms with van der Waals surface area (Å²) in [7, 11) is 2.18. The van der Waals surface area contributed by atoms with E-state index in [0.717, 1.165) is 18.1 Å². The van der Waals surface area contributed by atoms with Gasteiger partial charge in [-0.15, -0.1) is 11.3 Å². The molecule has 19 heavy (non-hydrogen) atoms. The number of anilines is 1. The van der Waals surface area contributed by atoms with Crippen LogP contribution in [0.25, 0.3) is 0 Å². The highest BCUT2D eigenvalue weighted by molar-refractivity contribution is 7.09. The van der Waals surface area contributed by atoms with Crippen molar-refractivity contribution in [1.82, 2.24) is 10.3 Å². The van der Waals surface area contributed by atoms with Gasteiger partial charge in [0.1, 0.15) is 5.01 Å². The normalized spacial score (nSPS) is 14.5. The van der Waals surface area contributed by atoms with Gasteiger partial charge < -0.3 is 10.2 Å². The molecule has 1 aliphatic rings. The first-order valence-electron chi connectivity index (χ1n) is 6.75. The Hall–Kier alpha value is -1.39. The Bertz CT molecular complexity index is 536. The zero-order valence-electron chi connectivity index (χ0n) is 11.2. The van der Waals surface area contributed by atoms with Gasteiger partial charge in [0.2, 0.25) is 0 Å². The molecule has 1 N–H and O–H groups in total. The lowest BCUT2D eigenvalue weighted by Gasteiger charge is -2.27. The summed E-state index contributed by atoms with van der Waals surface area (Å²) in [5.41, 5.74) is 4.25. The highest BCUT2D eigenvalue weighted by atomic mass is 32.1. The predicted molar refractivity (Wildman–Crippen MR) is 80.7 cm³/mol. The molecule has 3 rings (SSSR count). The van der Waals surface area contributed by atoms with E-state index in [-0.39, 0.29) is 0 Å². The minimum Gasteiger partial charge on any atom is -0.374 e. The molecular weight excluding hydrogens is 254 g/mol. The van der Waals surface area contributed by atoms with Gasteiger partial charge in [0.25, 0.3) is 0 Å². The highest BCUT2D eigenvalue weighted by Crippen LogP contribution is 2.26. The summed E-state index contributed by atoms with van der Waals surface area (Å²) in [6.07, 6.45) is 4.33. The molecule has 1 aromatic heterocycles. The number of benzene rings is 1. The van der Waals surface area contributed by atoms with Crippen molar-refractivity contribution in [2.24, 2.45) is 0 Å². The Morgan fingerprint density at radius 2 is 2.32 bits per heavy atom. The second-order valence-corrected chi connectivity index (χ2v) is 6.00. The van der Waals surface area contributed by atoms with Gasteiger partial charge >= 0.3 is 0 Å². The van der Waals surface area contributed by atoms with Crippen molar-refractivity contribution >= 4 is 17.0 Å². The number of fused-ring (bicyclic) bond motifs is 1. The molecule has 0 atom stereocenters. The Kier molecular flexibility index (Phi) is 3.80. The molecule has 4 heteroatoms. The quantitative estimate of drug-likeness (QED) is 0.928. The maximum Gasteiger partial charge on any atom is 0.106 e. The fraction of sp³-hybridized carbons (Fsp3) is 0.400. The molecule has 2 heterocycles. The molecule has 0 amide bonds. The van der Waals surface area contributed by atoms with E-state index < -0.39 is 0 Å². The van der Waals surface area contributed by atoms with Crippen molar-refractivity contribution in [2.75, 3.05) is 18.5 Å². The van der Waals surface area contributed by atoms with Gasteiger partial charge in [-0.3, -0.25) is 0 Å². The Morgan fingerprint density at radius 3 is 3.16 bits per heavy atom. The first-order valence-corrected chi connectivity index (χ1v) is 7.63. The first-order chi connectivity index (χ1) is 9.33. The Balaban J connectivity index is 1.62. The second kappa shape index (κ2) is 5.72. The number of aryl methyl sites for hydroxylation is 1. The van der Waals surface area contributed by atoms with Gasteiger partial charge in [-0.25, -0.2) is 4.98 Å². The van der Waals surface area contributed by atoms with Crippen LogP contribution in [-0.2, 0) is 19.5 Å². The lowest BCUT2D eigenvalue weighted by atomic mass is 9.99. The van der Waals surface area contributed by atoms with Crippen molar-refractivity contribution in [3.63, 3.8) is 0 Å². The summed E-state index contributed by atoms with van der Waals surface area (Å²) in [4.78, 5) is 6.63. The maximum atomic E-state index is 4.28. The maximum absolute atomic E-state index is 4.28. The van der Waals surface area contributed by atoms with Crippen molar-refractivity contribution < 1.29 is 0 Å². The number of rotatable bonds is 4. The SMILES string of the molecule is CN1CCCc2cc(CNCc3nccs3)ccc21. The molecule has 2 aromatic rings. The van der Waals surface area contributed by atoms with E-state index in [1.54, 1.807) is 11.3 Å². The van der Waals surface area contributed by atoms with E-state index in [1.165, 1.54) is 36.2 Å². The summed E-state index contributed by atoms with van der Waals surface area (Å²) in [6, 6.07) is 6.84. The standard InChI is InChI=1S/C15H19N3S/c1-18-7-2-3-13-9-12(4-5-14(13)18)10-16-11-15-17-6-8-19-15/h4-6,8-9,16H,2-3,7,10-11H2,1H3. The minimum absolute atomic E-state index is 0.856. The van der Waals surface area contributed by atoms with E-state index >= 15 is 0 Å². The van der Waals surface area contributed by atoms with Gasteiger partial charge in [-0.05, 0) is 30.0 Å². The van der Waals surface area contributed by atoms with Crippen LogP contribution in [-0.4, -0.2) is 18.6 Å². The number of thiazole rings is 1. The van der Waals surface area contributed by atoms with Crippen LogP contribution in [0.3, 0.4) is 0 Å². The molecule has 3 nitrogen and oxygen atoms in total. The molecule has 0 saturated heterocycles. The summed E-state index contributed by atoms with van der Waals surface area (Å²) in [5, 5.41) is 6.63. The topological polar surface area (TPSA) is 28.2 Å². The number of hydrogen-bond donors (Lipinski definition) is 1. The lowest BCUT2D eigenvalue weighted by molar-refractivity contribution is 0.686. The van der Waals surface area contributed by atoms with Crippen LogP contribution in [0.2, 0.25) is 0 Å². The Labute approximate surface area is 118 Å². The molecule has 0 fully saturated rings. The molecule has 0 aliphatic carbocycles. The molecule has 1 aliphatic heterocycles. The lowest BCUT2D eigenvalue weighted by Crippen LogP contribution is -2.24. The average molecular weight is 273 g/mol. The third-order valence-electron chi connectivity index (χ3n) is 3.58. The second-order valence-electron chi connectivity index (χ2n) is 5.02. The van der Waals surface area contributed by atoms with E-state index in [4.69, 9.17) is 0 Å². The van der Waals surface area contributed by atoms with Crippen LogP contribution in [0.15, 0.2) is 29.8 Å². The molecule has 0 radical (unpaired) electrons.